The summed E-state index contributed by atoms with van der Waals surface area (Å²) in [5, 5.41) is 29.2. The maximum absolute atomic E-state index is 12.7. The van der Waals surface area contributed by atoms with Gasteiger partial charge in [0.15, 0.2) is 17.4 Å². The topological polar surface area (TPSA) is 169 Å². The Balaban J connectivity index is 2.27. The van der Waals surface area contributed by atoms with Crippen LogP contribution in [0.4, 0.5) is 5.95 Å². The predicted molar refractivity (Wildman–Crippen MR) is 82.8 cm³/mol. The van der Waals surface area contributed by atoms with E-state index in [1.807, 2.05) is 0 Å². The average molecular weight is 362 g/mol. The molecular weight excluding hydrogens is 346 g/mol. The summed E-state index contributed by atoms with van der Waals surface area (Å²) in [7, 11) is 0. The third kappa shape index (κ3) is 2.41. The van der Waals surface area contributed by atoms with Gasteiger partial charge in [-0.1, -0.05) is 0 Å². The number of aryl methyl sites for hydroxylation is 1. The Morgan fingerprint density at radius 3 is 2.62 bits per heavy atom. The van der Waals surface area contributed by atoms with Crippen LogP contribution in [0.15, 0.2) is 9.59 Å². The van der Waals surface area contributed by atoms with Gasteiger partial charge in [-0.3, -0.25) is 14.3 Å². The molecule has 0 amide bonds. The number of halogens is 1. The summed E-state index contributed by atoms with van der Waals surface area (Å²) in [6, 6.07) is 0. The lowest BCUT2D eigenvalue weighted by atomic mass is 10.1. The molecule has 11 nitrogen and oxygen atoms in total. The molecule has 0 aromatic carbocycles. The molecule has 6 N–H and O–H groups in total. The lowest BCUT2D eigenvalue weighted by molar-refractivity contribution is -0.0527. The Bertz CT molecular complexity index is 875. The quantitative estimate of drug-likeness (QED) is 0.367. The van der Waals surface area contributed by atoms with Crippen molar-refractivity contribution < 1.29 is 20.1 Å². The highest BCUT2D eigenvalue weighted by atomic mass is 35.5. The van der Waals surface area contributed by atoms with Gasteiger partial charge in [0.05, 0.1) is 6.61 Å². The minimum Gasteiger partial charge on any atom is -0.394 e. The molecule has 1 aliphatic rings. The summed E-state index contributed by atoms with van der Waals surface area (Å²) in [6.07, 6.45) is -5.32. The minimum atomic E-state index is -1.50. The molecule has 0 saturated carbocycles. The zero-order valence-corrected chi connectivity index (χ0v) is 13.0. The van der Waals surface area contributed by atoms with Crippen LogP contribution in [-0.2, 0) is 11.3 Å². The fraction of sp³-hybridized carbons (Fsp3) is 0.583. The first-order valence-electron chi connectivity index (χ1n) is 7.09. The molecule has 3 heterocycles. The van der Waals surface area contributed by atoms with E-state index in [0.717, 1.165) is 9.13 Å². The van der Waals surface area contributed by atoms with E-state index >= 15 is 0 Å². The highest BCUT2D eigenvalue weighted by Gasteiger charge is 2.45. The maximum atomic E-state index is 12.7. The van der Waals surface area contributed by atoms with Crippen molar-refractivity contribution in [2.24, 2.45) is 0 Å². The number of aliphatic hydroxyl groups is 3. The number of aromatic amines is 1. The number of hydrogen-bond donors (Lipinski definition) is 5. The molecule has 24 heavy (non-hydrogen) atoms. The second-order valence-electron chi connectivity index (χ2n) is 5.35. The van der Waals surface area contributed by atoms with Crippen molar-refractivity contribution in [1.82, 2.24) is 19.1 Å². The number of alkyl halides is 1. The van der Waals surface area contributed by atoms with Crippen LogP contribution >= 0.6 is 11.6 Å². The zero-order valence-electron chi connectivity index (χ0n) is 12.3. The number of aromatic nitrogens is 4. The molecule has 0 unspecified atom stereocenters. The Kier molecular flexibility index (Phi) is 4.36. The SMILES string of the molecule is Nc1nc2c(c(=O)[nH]1)n(CCCl)c(=O)n2[C@@H]1O[C@H](CO)[C@@H](O)[C@H]1O. The van der Waals surface area contributed by atoms with Crippen LogP contribution in [0.2, 0.25) is 0 Å². The molecule has 2 aromatic heterocycles. The van der Waals surface area contributed by atoms with E-state index in [9.17, 15) is 24.9 Å². The summed E-state index contributed by atoms with van der Waals surface area (Å²) in [4.78, 5) is 31.1. The first kappa shape index (κ1) is 16.9. The summed E-state index contributed by atoms with van der Waals surface area (Å²) in [5.41, 5.74) is 3.99. The van der Waals surface area contributed by atoms with Gasteiger partial charge in [-0.2, -0.15) is 4.98 Å². The number of nitrogens with two attached hydrogens (primary N) is 1. The van der Waals surface area contributed by atoms with Crippen molar-refractivity contribution in [2.45, 2.75) is 31.1 Å². The molecule has 0 spiro atoms. The predicted octanol–water partition coefficient (Wildman–Crippen LogP) is -2.68. The third-order valence-electron chi connectivity index (χ3n) is 3.91. The molecule has 1 fully saturated rings. The lowest BCUT2D eigenvalue weighted by Crippen LogP contribution is -2.36. The lowest BCUT2D eigenvalue weighted by Gasteiger charge is -2.15. The number of nitrogens with zero attached hydrogens (tertiary/aromatic N) is 3. The van der Waals surface area contributed by atoms with Gasteiger partial charge in [-0.25, -0.2) is 9.36 Å². The van der Waals surface area contributed by atoms with Crippen LogP contribution in [-0.4, -0.2) is 65.2 Å². The van der Waals surface area contributed by atoms with Gasteiger partial charge >= 0.3 is 5.69 Å². The van der Waals surface area contributed by atoms with E-state index in [0.29, 0.717) is 0 Å². The van der Waals surface area contributed by atoms with E-state index in [1.54, 1.807) is 0 Å². The Labute approximate surface area is 138 Å². The number of anilines is 1. The van der Waals surface area contributed by atoms with E-state index in [-0.39, 0.29) is 29.5 Å². The minimum absolute atomic E-state index is 0.0212. The van der Waals surface area contributed by atoms with E-state index < -0.39 is 42.4 Å². The van der Waals surface area contributed by atoms with E-state index in [2.05, 4.69) is 9.97 Å². The molecule has 3 rings (SSSR count). The molecule has 0 radical (unpaired) electrons. The Hall–Kier alpha value is -1.92. The van der Waals surface area contributed by atoms with Crippen LogP contribution in [0.1, 0.15) is 6.23 Å². The number of rotatable bonds is 4. The largest absolute Gasteiger partial charge is 0.394 e. The summed E-state index contributed by atoms with van der Waals surface area (Å²) < 4.78 is 7.37. The second kappa shape index (κ2) is 6.18. The first-order chi connectivity index (χ1) is 11.4. The van der Waals surface area contributed by atoms with E-state index in [1.165, 1.54) is 0 Å². The molecule has 132 valence electrons. The molecular formula is C12H16ClN5O6. The molecule has 1 saturated heterocycles. The number of ether oxygens (including phenoxy) is 1. The average Bonchev–Trinajstić information content (AvgIpc) is 2.96. The molecule has 0 bridgehead atoms. The number of nitrogens with one attached hydrogen (secondary N) is 1. The number of nitrogen functional groups attached to an aromatic ring is 1. The van der Waals surface area contributed by atoms with Gasteiger partial charge < -0.3 is 25.8 Å². The number of hydrogen-bond acceptors (Lipinski definition) is 8. The molecule has 4 atom stereocenters. The van der Waals surface area contributed by atoms with Gasteiger partial charge in [0.1, 0.15) is 18.3 Å². The summed E-state index contributed by atoms with van der Waals surface area (Å²) in [6.45, 7) is -0.534. The second-order valence-corrected chi connectivity index (χ2v) is 5.72. The van der Waals surface area contributed by atoms with Crippen LogP contribution in [0.5, 0.6) is 0 Å². The first-order valence-corrected chi connectivity index (χ1v) is 7.63. The zero-order chi connectivity index (χ0) is 17.6. The molecule has 1 aliphatic heterocycles. The van der Waals surface area contributed by atoms with Gasteiger partial charge in [-0.15, -0.1) is 11.6 Å². The van der Waals surface area contributed by atoms with Crippen LogP contribution in [0, 0.1) is 0 Å². The summed E-state index contributed by atoms with van der Waals surface area (Å²) in [5.74, 6) is -0.172. The number of H-pyrrole nitrogens is 1. The van der Waals surface area contributed by atoms with Crippen molar-refractivity contribution in [3.05, 3.63) is 20.8 Å². The van der Waals surface area contributed by atoms with Gasteiger partial charge in [0.25, 0.3) is 5.56 Å². The fourth-order valence-electron chi connectivity index (χ4n) is 2.81. The molecule has 0 aliphatic carbocycles. The number of fused-ring (bicyclic) bond motifs is 1. The Morgan fingerprint density at radius 1 is 1.33 bits per heavy atom. The van der Waals surface area contributed by atoms with Gasteiger partial charge in [0.2, 0.25) is 5.95 Å². The van der Waals surface area contributed by atoms with Crippen molar-refractivity contribution in [2.75, 3.05) is 18.2 Å². The molecule has 2 aromatic rings. The van der Waals surface area contributed by atoms with Crippen molar-refractivity contribution in [3.8, 4) is 0 Å². The van der Waals surface area contributed by atoms with Crippen molar-refractivity contribution in [1.29, 1.82) is 0 Å². The number of imidazole rings is 1. The van der Waals surface area contributed by atoms with Crippen LogP contribution in [0.25, 0.3) is 11.2 Å². The molecule has 12 heteroatoms. The van der Waals surface area contributed by atoms with Crippen LogP contribution < -0.4 is 17.0 Å². The Morgan fingerprint density at radius 2 is 2.04 bits per heavy atom. The highest BCUT2D eigenvalue weighted by Crippen LogP contribution is 2.30. The maximum Gasteiger partial charge on any atom is 0.332 e. The normalized spacial score (nSPS) is 27.2. The van der Waals surface area contributed by atoms with Gasteiger partial charge in [0, 0.05) is 12.4 Å². The highest BCUT2D eigenvalue weighted by molar-refractivity contribution is 6.17. The van der Waals surface area contributed by atoms with Crippen molar-refractivity contribution >= 4 is 28.7 Å². The van der Waals surface area contributed by atoms with Crippen LogP contribution in [0.3, 0.4) is 0 Å². The third-order valence-corrected chi connectivity index (χ3v) is 4.08. The fourth-order valence-corrected chi connectivity index (χ4v) is 2.98. The smallest absolute Gasteiger partial charge is 0.332 e. The summed E-state index contributed by atoms with van der Waals surface area (Å²) >= 11 is 5.68. The van der Waals surface area contributed by atoms with Crippen molar-refractivity contribution in [3.63, 3.8) is 0 Å². The standard InChI is InChI=1S/C12H16ClN5O6/c13-1-2-17-5-8(15-11(14)16-9(5)22)18(12(17)23)10-7(21)6(20)4(3-19)24-10/h4,6-7,10,19-21H,1-3H2,(H3,14,15,16,22)/t4-,6-,7-,10-/m1/s1. The number of aliphatic hydroxyl groups excluding tert-OH is 3. The monoisotopic (exact) mass is 361 g/mol. The van der Waals surface area contributed by atoms with E-state index in [4.69, 9.17) is 22.1 Å². The van der Waals surface area contributed by atoms with Gasteiger partial charge in [-0.05, 0) is 0 Å².